The number of anilines is 1. The number of oxazole rings is 1. The highest BCUT2D eigenvalue weighted by Crippen LogP contribution is 2.34. The van der Waals surface area contributed by atoms with Crippen LogP contribution in [0.2, 0.25) is 0 Å². The quantitative estimate of drug-likeness (QED) is 0.754. The normalized spacial score (nSPS) is 12.2. The van der Waals surface area contributed by atoms with Gasteiger partial charge in [-0.2, -0.15) is 0 Å². The van der Waals surface area contributed by atoms with Gasteiger partial charge in [0.05, 0.1) is 6.20 Å². The summed E-state index contributed by atoms with van der Waals surface area (Å²) in [5.41, 5.74) is 2.83. The molecule has 0 aliphatic carbocycles. The van der Waals surface area contributed by atoms with Crippen molar-refractivity contribution in [1.82, 2.24) is 4.98 Å². The molecule has 0 saturated carbocycles. The molecular weight excluding hydrogens is 332 g/mol. The Balaban J connectivity index is 1.34. The van der Waals surface area contributed by atoms with Crippen LogP contribution in [0.3, 0.4) is 0 Å². The average Bonchev–Trinajstić information content (AvgIpc) is 3.29. The van der Waals surface area contributed by atoms with Crippen molar-refractivity contribution in [2.24, 2.45) is 0 Å². The van der Waals surface area contributed by atoms with Crippen molar-refractivity contribution in [1.29, 1.82) is 0 Å². The van der Waals surface area contributed by atoms with E-state index in [9.17, 15) is 4.79 Å². The Morgan fingerprint density at radius 2 is 1.92 bits per heavy atom. The number of nitrogens with one attached hydrogen (secondary N) is 1. The van der Waals surface area contributed by atoms with Crippen LogP contribution in [0.1, 0.15) is 17.9 Å². The fourth-order valence-corrected chi connectivity index (χ4v) is 2.70. The van der Waals surface area contributed by atoms with E-state index in [-0.39, 0.29) is 19.1 Å². The molecule has 6 heteroatoms. The second-order valence-corrected chi connectivity index (χ2v) is 6.10. The standard InChI is InChI=1S/C20H18N2O4/c1-13-2-4-14(5-3-13)18-11-21-20(26-18)9-8-19(23)22-15-6-7-16-17(10-15)25-12-24-16/h2-7,10-11H,8-9,12H2,1H3,(H,22,23). The summed E-state index contributed by atoms with van der Waals surface area (Å²) in [5.74, 6) is 2.46. The second kappa shape index (κ2) is 6.92. The molecule has 1 aliphatic rings. The van der Waals surface area contributed by atoms with Crippen molar-refractivity contribution in [2.45, 2.75) is 19.8 Å². The van der Waals surface area contributed by atoms with E-state index in [1.165, 1.54) is 5.56 Å². The van der Waals surface area contributed by atoms with E-state index >= 15 is 0 Å². The van der Waals surface area contributed by atoms with Crippen molar-refractivity contribution in [3.63, 3.8) is 0 Å². The first kappa shape index (κ1) is 16.2. The van der Waals surface area contributed by atoms with E-state index < -0.39 is 0 Å². The lowest BCUT2D eigenvalue weighted by molar-refractivity contribution is -0.116. The molecule has 26 heavy (non-hydrogen) atoms. The summed E-state index contributed by atoms with van der Waals surface area (Å²) in [7, 11) is 0. The molecule has 3 aromatic rings. The van der Waals surface area contributed by atoms with Crippen LogP contribution in [0.4, 0.5) is 5.69 Å². The zero-order chi connectivity index (χ0) is 17.9. The van der Waals surface area contributed by atoms with Crippen molar-refractivity contribution in [3.8, 4) is 22.8 Å². The highest BCUT2D eigenvalue weighted by Gasteiger charge is 2.14. The molecule has 0 atom stereocenters. The molecule has 2 heterocycles. The third kappa shape index (κ3) is 3.54. The first-order chi connectivity index (χ1) is 12.7. The second-order valence-electron chi connectivity index (χ2n) is 6.10. The molecule has 1 aliphatic heterocycles. The van der Waals surface area contributed by atoms with Crippen LogP contribution in [0.15, 0.2) is 53.1 Å². The molecule has 2 aromatic carbocycles. The van der Waals surface area contributed by atoms with Gasteiger partial charge in [-0.3, -0.25) is 4.79 Å². The van der Waals surface area contributed by atoms with Crippen LogP contribution in [0, 0.1) is 6.92 Å². The van der Waals surface area contributed by atoms with Gasteiger partial charge in [0, 0.05) is 30.2 Å². The molecule has 132 valence electrons. The fourth-order valence-electron chi connectivity index (χ4n) is 2.70. The van der Waals surface area contributed by atoms with Crippen LogP contribution in [0.5, 0.6) is 11.5 Å². The largest absolute Gasteiger partial charge is 0.454 e. The van der Waals surface area contributed by atoms with Gasteiger partial charge in [-0.25, -0.2) is 4.98 Å². The topological polar surface area (TPSA) is 73.6 Å². The minimum Gasteiger partial charge on any atom is -0.454 e. The first-order valence-corrected chi connectivity index (χ1v) is 8.38. The number of nitrogens with zero attached hydrogens (tertiary/aromatic N) is 1. The monoisotopic (exact) mass is 350 g/mol. The van der Waals surface area contributed by atoms with Crippen molar-refractivity contribution < 1.29 is 18.7 Å². The number of carbonyl (C=O) groups is 1. The summed E-state index contributed by atoms with van der Waals surface area (Å²) in [6, 6.07) is 13.3. The number of rotatable bonds is 5. The van der Waals surface area contributed by atoms with E-state index in [2.05, 4.69) is 10.3 Å². The number of aromatic nitrogens is 1. The smallest absolute Gasteiger partial charge is 0.231 e. The highest BCUT2D eigenvalue weighted by atomic mass is 16.7. The molecule has 0 spiro atoms. The number of ether oxygens (including phenoxy) is 2. The number of carbonyl (C=O) groups excluding carboxylic acids is 1. The lowest BCUT2D eigenvalue weighted by Crippen LogP contribution is -2.12. The van der Waals surface area contributed by atoms with Gasteiger partial charge in [0.25, 0.3) is 0 Å². The van der Waals surface area contributed by atoms with E-state index in [0.29, 0.717) is 35.3 Å². The Kier molecular flexibility index (Phi) is 4.31. The molecular formula is C20H18N2O4. The average molecular weight is 350 g/mol. The van der Waals surface area contributed by atoms with E-state index in [1.807, 2.05) is 31.2 Å². The lowest BCUT2D eigenvalue weighted by Gasteiger charge is -2.05. The third-order valence-corrected chi connectivity index (χ3v) is 4.11. The summed E-state index contributed by atoms with van der Waals surface area (Å²) < 4.78 is 16.3. The van der Waals surface area contributed by atoms with Crippen molar-refractivity contribution >= 4 is 11.6 Å². The van der Waals surface area contributed by atoms with Gasteiger partial charge in [0.15, 0.2) is 23.1 Å². The first-order valence-electron chi connectivity index (χ1n) is 8.38. The fraction of sp³-hybridized carbons (Fsp3) is 0.200. The predicted molar refractivity (Wildman–Crippen MR) is 96.2 cm³/mol. The minimum absolute atomic E-state index is 0.112. The zero-order valence-corrected chi connectivity index (χ0v) is 14.3. The van der Waals surface area contributed by atoms with Crippen molar-refractivity contribution in [3.05, 3.63) is 60.1 Å². The summed E-state index contributed by atoms with van der Waals surface area (Å²) in [4.78, 5) is 16.4. The number of benzene rings is 2. The summed E-state index contributed by atoms with van der Waals surface area (Å²) in [6.07, 6.45) is 2.40. The van der Waals surface area contributed by atoms with Gasteiger partial charge in [0.2, 0.25) is 12.7 Å². The molecule has 0 radical (unpaired) electrons. The van der Waals surface area contributed by atoms with Gasteiger partial charge in [0.1, 0.15) is 0 Å². The maximum Gasteiger partial charge on any atom is 0.231 e. The van der Waals surface area contributed by atoms with Crippen LogP contribution in [-0.4, -0.2) is 17.7 Å². The SMILES string of the molecule is Cc1ccc(-c2cnc(CCC(=O)Nc3ccc4c(c3)OCO4)o2)cc1. The maximum atomic E-state index is 12.1. The Morgan fingerprint density at radius 3 is 2.77 bits per heavy atom. The van der Waals surface area contributed by atoms with E-state index in [0.717, 1.165) is 5.56 Å². The summed E-state index contributed by atoms with van der Waals surface area (Å²) >= 11 is 0. The molecule has 4 rings (SSSR count). The molecule has 1 amide bonds. The maximum absolute atomic E-state index is 12.1. The molecule has 6 nitrogen and oxygen atoms in total. The number of aryl methyl sites for hydroxylation is 2. The number of hydrogen-bond acceptors (Lipinski definition) is 5. The molecule has 0 unspecified atom stereocenters. The number of amides is 1. The van der Waals surface area contributed by atoms with Gasteiger partial charge in [-0.1, -0.05) is 29.8 Å². The van der Waals surface area contributed by atoms with Gasteiger partial charge < -0.3 is 19.2 Å². The zero-order valence-electron chi connectivity index (χ0n) is 14.3. The molecule has 0 saturated heterocycles. The Morgan fingerprint density at radius 1 is 1.12 bits per heavy atom. The van der Waals surface area contributed by atoms with Crippen LogP contribution >= 0.6 is 0 Å². The Bertz CT molecular complexity index is 931. The summed E-state index contributed by atoms with van der Waals surface area (Å²) in [6.45, 7) is 2.24. The molecule has 1 N–H and O–H groups in total. The highest BCUT2D eigenvalue weighted by molar-refractivity contribution is 5.91. The van der Waals surface area contributed by atoms with E-state index in [4.69, 9.17) is 13.9 Å². The predicted octanol–water partition coefficient (Wildman–Crippen LogP) is 3.95. The summed E-state index contributed by atoms with van der Waals surface area (Å²) in [5, 5.41) is 2.84. The third-order valence-electron chi connectivity index (χ3n) is 4.11. The van der Waals surface area contributed by atoms with E-state index in [1.54, 1.807) is 24.4 Å². The minimum atomic E-state index is -0.112. The van der Waals surface area contributed by atoms with Gasteiger partial charge in [-0.15, -0.1) is 0 Å². The molecule has 1 aromatic heterocycles. The van der Waals surface area contributed by atoms with Crippen LogP contribution < -0.4 is 14.8 Å². The lowest BCUT2D eigenvalue weighted by atomic mass is 10.1. The number of fused-ring (bicyclic) bond motifs is 1. The van der Waals surface area contributed by atoms with Gasteiger partial charge >= 0.3 is 0 Å². The van der Waals surface area contributed by atoms with Crippen molar-refractivity contribution in [2.75, 3.05) is 12.1 Å². The Labute approximate surface area is 150 Å². The Hall–Kier alpha value is -3.28. The van der Waals surface area contributed by atoms with Crippen LogP contribution in [0.25, 0.3) is 11.3 Å². The molecule has 0 fully saturated rings. The van der Waals surface area contributed by atoms with Crippen LogP contribution in [-0.2, 0) is 11.2 Å². The number of hydrogen-bond donors (Lipinski definition) is 1. The molecule has 0 bridgehead atoms. The van der Waals surface area contributed by atoms with Gasteiger partial charge in [-0.05, 0) is 19.1 Å².